The van der Waals surface area contributed by atoms with Crippen molar-refractivity contribution in [2.24, 2.45) is 17.8 Å². The molecule has 6 rings (SSSR count). The Morgan fingerprint density at radius 2 is 1.74 bits per heavy atom. The molecule has 220 valence electrons. The maximum absolute atomic E-state index is 14.1. The Morgan fingerprint density at radius 3 is 2.36 bits per heavy atom. The molecule has 2 aliphatic carbocycles. The highest BCUT2D eigenvalue weighted by atomic mass is 79.9. The molecule has 0 spiro atoms. The number of alkyl halides is 3. The highest BCUT2D eigenvalue weighted by Gasteiger charge is 2.76. The van der Waals surface area contributed by atoms with Gasteiger partial charge in [-0.05, 0) is 76.5 Å². The Hall–Kier alpha value is -2.40. The van der Waals surface area contributed by atoms with E-state index in [2.05, 4.69) is 31.9 Å². The first-order valence-electron chi connectivity index (χ1n) is 13.5. The zero-order valence-corrected chi connectivity index (χ0v) is 27.3. The van der Waals surface area contributed by atoms with Crippen molar-refractivity contribution in [3.05, 3.63) is 63.6 Å². The van der Waals surface area contributed by atoms with Gasteiger partial charge in [-0.15, -0.1) is 23.2 Å². The Kier molecular flexibility index (Phi) is 7.31. The minimum absolute atomic E-state index is 0.104. The van der Waals surface area contributed by atoms with Crippen LogP contribution in [0, 0.1) is 17.8 Å². The van der Waals surface area contributed by atoms with Crippen molar-refractivity contribution in [2.75, 3.05) is 17.5 Å². The van der Waals surface area contributed by atoms with Crippen LogP contribution in [0.2, 0.25) is 0 Å². The number of fused-ring (bicyclic) bond motifs is 4. The predicted molar refractivity (Wildman–Crippen MR) is 164 cm³/mol. The SMILES string of the molecule is CCc1ccc(N2C(=O)[C@H]3[C@H](CC=C4[C@H]3C[C@@]3(Cl)C(=O)N(CBr)C(=O)[C@@]3(Cl)[C@H]4c3cc(Br)c(O)c(OC)c3)C2=O)cc1. The third-order valence-electron chi connectivity index (χ3n) is 9.22. The fourth-order valence-corrected chi connectivity index (χ4v) is 9.06. The molecule has 2 aromatic rings. The van der Waals surface area contributed by atoms with Gasteiger partial charge in [-0.1, -0.05) is 46.6 Å². The maximum atomic E-state index is 14.1. The van der Waals surface area contributed by atoms with E-state index >= 15 is 0 Å². The number of benzene rings is 2. The molecule has 4 aliphatic rings. The van der Waals surface area contributed by atoms with Crippen molar-refractivity contribution in [2.45, 2.75) is 41.9 Å². The zero-order valence-electron chi connectivity index (χ0n) is 22.6. The summed E-state index contributed by atoms with van der Waals surface area (Å²) in [5.41, 5.74) is 2.57. The molecule has 0 radical (unpaired) electrons. The normalized spacial score (nSPS) is 32.1. The average molecular weight is 741 g/mol. The fraction of sp³-hybridized carbons (Fsp3) is 0.400. The van der Waals surface area contributed by atoms with Crippen LogP contribution in [0.5, 0.6) is 11.5 Å². The van der Waals surface area contributed by atoms with E-state index in [1.54, 1.807) is 24.3 Å². The van der Waals surface area contributed by atoms with Gasteiger partial charge < -0.3 is 9.84 Å². The molecule has 0 bridgehead atoms. The van der Waals surface area contributed by atoms with E-state index in [4.69, 9.17) is 27.9 Å². The number of phenolic OH excluding ortho intramolecular Hbond substituents is 1. The number of nitrogens with zero attached hydrogens (tertiary/aromatic N) is 2. The van der Waals surface area contributed by atoms with E-state index < -0.39 is 45.2 Å². The van der Waals surface area contributed by atoms with Crippen LogP contribution in [0.1, 0.15) is 36.8 Å². The minimum atomic E-state index is -1.95. The van der Waals surface area contributed by atoms with Gasteiger partial charge in [0, 0.05) is 5.92 Å². The lowest BCUT2D eigenvalue weighted by Gasteiger charge is -2.50. The second kappa shape index (κ2) is 10.4. The number of anilines is 1. The summed E-state index contributed by atoms with van der Waals surface area (Å²) in [5, 5.41) is 10.5. The molecule has 8 nitrogen and oxygen atoms in total. The van der Waals surface area contributed by atoms with Crippen molar-refractivity contribution in [3.63, 3.8) is 0 Å². The van der Waals surface area contributed by atoms with Crippen LogP contribution < -0.4 is 9.64 Å². The van der Waals surface area contributed by atoms with Gasteiger partial charge in [0.15, 0.2) is 21.2 Å². The van der Waals surface area contributed by atoms with E-state index in [0.717, 1.165) is 16.9 Å². The van der Waals surface area contributed by atoms with E-state index in [0.29, 0.717) is 16.8 Å². The summed E-state index contributed by atoms with van der Waals surface area (Å²) < 4.78 is 5.67. The van der Waals surface area contributed by atoms with E-state index in [1.165, 1.54) is 12.0 Å². The molecule has 12 heteroatoms. The van der Waals surface area contributed by atoms with E-state index in [-0.39, 0.29) is 46.1 Å². The Labute approximate surface area is 269 Å². The molecule has 2 aromatic carbocycles. The molecule has 2 aliphatic heterocycles. The first-order chi connectivity index (χ1) is 19.9. The van der Waals surface area contributed by atoms with Crippen LogP contribution in [-0.2, 0) is 25.6 Å². The summed E-state index contributed by atoms with van der Waals surface area (Å²) in [6.45, 7) is 2.02. The van der Waals surface area contributed by atoms with Gasteiger partial charge in [0.1, 0.15) is 0 Å². The van der Waals surface area contributed by atoms with Gasteiger partial charge in [-0.2, -0.15) is 0 Å². The number of rotatable bonds is 5. The molecule has 42 heavy (non-hydrogen) atoms. The number of aryl methyl sites for hydroxylation is 1. The number of imide groups is 2. The second-order valence-corrected chi connectivity index (χ2v) is 13.7. The highest BCUT2D eigenvalue weighted by molar-refractivity contribution is 9.10. The molecular formula is C30H26Br2Cl2N2O6. The third-order valence-corrected chi connectivity index (χ3v) is 11.7. The lowest BCUT2D eigenvalue weighted by Crippen LogP contribution is -2.60. The van der Waals surface area contributed by atoms with Gasteiger partial charge in [-0.3, -0.25) is 29.0 Å². The van der Waals surface area contributed by atoms with E-state index in [9.17, 15) is 24.3 Å². The summed E-state index contributed by atoms with van der Waals surface area (Å²) in [6.07, 6.45) is 2.84. The van der Waals surface area contributed by atoms with Crippen molar-refractivity contribution < 1.29 is 29.0 Å². The minimum Gasteiger partial charge on any atom is -0.503 e. The summed E-state index contributed by atoms with van der Waals surface area (Å²) in [6, 6.07) is 10.5. The summed E-state index contributed by atoms with van der Waals surface area (Å²) >= 11 is 21.1. The third kappa shape index (κ3) is 3.84. The van der Waals surface area contributed by atoms with Crippen molar-refractivity contribution in [1.29, 1.82) is 0 Å². The number of aromatic hydroxyl groups is 1. The second-order valence-electron chi connectivity index (χ2n) is 11.1. The van der Waals surface area contributed by atoms with Crippen molar-refractivity contribution in [1.82, 2.24) is 4.90 Å². The number of allylic oxidation sites excluding steroid dienone is 2. The number of methoxy groups -OCH3 is 1. The number of ether oxygens (including phenoxy) is 1. The number of carbonyl (C=O) groups excluding carboxylic acids is 4. The first kappa shape index (κ1) is 29.7. The van der Waals surface area contributed by atoms with Gasteiger partial charge in [-0.25, -0.2) is 0 Å². The van der Waals surface area contributed by atoms with Gasteiger partial charge in [0.05, 0.1) is 34.6 Å². The number of carbonyl (C=O) groups is 4. The van der Waals surface area contributed by atoms with E-state index in [1.807, 2.05) is 25.1 Å². The molecule has 3 fully saturated rings. The fourth-order valence-electron chi connectivity index (χ4n) is 7.18. The Bertz CT molecular complexity index is 1580. The molecule has 4 amide bonds. The Balaban J connectivity index is 1.52. The van der Waals surface area contributed by atoms with Crippen LogP contribution in [0.25, 0.3) is 0 Å². The lowest BCUT2D eigenvalue weighted by atomic mass is 9.56. The van der Waals surface area contributed by atoms with Crippen LogP contribution >= 0.6 is 55.1 Å². The quantitative estimate of drug-likeness (QED) is 0.184. The predicted octanol–water partition coefficient (Wildman–Crippen LogP) is 5.64. The largest absolute Gasteiger partial charge is 0.503 e. The smallest absolute Gasteiger partial charge is 0.254 e. The maximum Gasteiger partial charge on any atom is 0.254 e. The number of phenols is 1. The first-order valence-corrected chi connectivity index (χ1v) is 16.1. The molecule has 1 saturated carbocycles. The highest BCUT2D eigenvalue weighted by Crippen LogP contribution is 2.66. The molecule has 0 aromatic heterocycles. The van der Waals surface area contributed by atoms with Crippen LogP contribution in [0.4, 0.5) is 5.69 Å². The number of likely N-dealkylation sites (tertiary alicyclic amines) is 1. The van der Waals surface area contributed by atoms with Crippen LogP contribution in [0.3, 0.4) is 0 Å². The number of amides is 4. The van der Waals surface area contributed by atoms with Crippen molar-refractivity contribution in [3.8, 4) is 11.5 Å². The van der Waals surface area contributed by atoms with Gasteiger partial charge in [0.2, 0.25) is 11.8 Å². The summed E-state index contributed by atoms with van der Waals surface area (Å²) in [5.74, 6) is -5.11. The monoisotopic (exact) mass is 738 g/mol. The van der Waals surface area contributed by atoms with Gasteiger partial charge in [0.25, 0.3) is 11.8 Å². The molecule has 2 heterocycles. The molecule has 0 unspecified atom stereocenters. The summed E-state index contributed by atoms with van der Waals surface area (Å²) in [7, 11) is 1.39. The van der Waals surface area contributed by atoms with Crippen LogP contribution in [-0.4, -0.2) is 55.9 Å². The molecule has 2 saturated heterocycles. The number of hydrogen-bond acceptors (Lipinski definition) is 6. The average Bonchev–Trinajstić information content (AvgIpc) is 3.32. The topological polar surface area (TPSA) is 104 Å². The summed E-state index contributed by atoms with van der Waals surface area (Å²) in [4.78, 5) is 53.9. The zero-order chi connectivity index (χ0) is 30.3. The van der Waals surface area contributed by atoms with Crippen LogP contribution in [0.15, 0.2) is 52.5 Å². The van der Waals surface area contributed by atoms with Gasteiger partial charge >= 0.3 is 0 Å². The molecular weight excluding hydrogens is 715 g/mol. The molecule has 1 N–H and O–H groups in total. The van der Waals surface area contributed by atoms with Crippen molar-refractivity contribution >= 4 is 84.4 Å². The Morgan fingerprint density at radius 1 is 1.05 bits per heavy atom. The number of halogens is 4. The standard InChI is InChI=1S/C30H26Br2Cl2N2O6/c1-3-14-4-6-16(7-5-14)36-25(38)18-9-8-17-19(22(18)26(36)39)12-29(33)27(40)35(13-31)28(41)30(29,34)23(17)15-10-20(32)24(37)21(11-15)42-2/h4-8,10-11,18-19,22-23,37H,3,9,12-13H2,1-2H3/t18-,19+,22-,23-,29+,30-/m0/s1. The molecule has 6 atom stereocenters. The number of hydrogen-bond donors (Lipinski definition) is 1. The lowest BCUT2D eigenvalue weighted by molar-refractivity contribution is -0.138.